The summed E-state index contributed by atoms with van der Waals surface area (Å²) in [6.45, 7) is 4.75. The van der Waals surface area contributed by atoms with Crippen LogP contribution in [0.4, 0.5) is 0 Å². The molecule has 0 bridgehead atoms. The molecule has 2 aromatic carbocycles. The van der Waals surface area contributed by atoms with E-state index in [-0.39, 0.29) is 10.8 Å². The number of hydrogen-bond donors (Lipinski definition) is 0. The minimum atomic E-state index is -0.0250. The van der Waals surface area contributed by atoms with Crippen molar-refractivity contribution in [2.75, 3.05) is 0 Å². The van der Waals surface area contributed by atoms with Crippen molar-refractivity contribution in [1.82, 2.24) is 19.2 Å². The minimum Gasteiger partial charge on any atom is -0.276 e. The third-order valence-corrected chi connectivity index (χ3v) is 5.98. The average molecular weight is 399 g/mol. The van der Waals surface area contributed by atoms with Crippen LogP contribution in [0.2, 0.25) is 5.02 Å². The summed E-state index contributed by atoms with van der Waals surface area (Å²) in [7, 11) is 0. The fourth-order valence-electron chi connectivity index (χ4n) is 3.26. The fraction of sp³-hybridized carbons (Fsp3) is 0.250. The highest BCUT2D eigenvalue weighted by atomic mass is 35.5. The molecule has 0 saturated heterocycles. The predicted octanol–water partition coefficient (Wildman–Crippen LogP) is 4.96. The van der Waals surface area contributed by atoms with Crippen LogP contribution in [-0.2, 0) is 6.54 Å². The standard InChI is InChI=1S/C20H19ClN4OS/c1-3-12-24-18(26)15-9-5-7-11-17(15)25-19(24)22-23-20(25)27-13(2)14-8-4-6-10-16(14)21/h4-11,13H,3,12H2,1-2H3. The van der Waals surface area contributed by atoms with Crippen molar-refractivity contribution in [3.8, 4) is 0 Å². The number of para-hydroxylation sites is 1. The number of benzene rings is 2. The third kappa shape index (κ3) is 3.13. The SMILES string of the molecule is CCCn1c(=O)c2ccccc2n2c(SC(C)c3ccccc3Cl)nnc12. The monoisotopic (exact) mass is 398 g/mol. The van der Waals surface area contributed by atoms with Crippen LogP contribution in [-0.4, -0.2) is 19.2 Å². The van der Waals surface area contributed by atoms with Gasteiger partial charge >= 0.3 is 0 Å². The zero-order chi connectivity index (χ0) is 19.0. The van der Waals surface area contributed by atoms with Crippen LogP contribution in [0.1, 0.15) is 31.1 Å². The molecule has 138 valence electrons. The van der Waals surface area contributed by atoms with Crippen LogP contribution in [0.15, 0.2) is 58.5 Å². The number of hydrogen-bond acceptors (Lipinski definition) is 4. The number of thioether (sulfide) groups is 1. The van der Waals surface area contributed by atoms with Crippen LogP contribution < -0.4 is 5.56 Å². The maximum atomic E-state index is 12.9. The van der Waals surface area contributed by atoms with Crippen LogP contribution in [0.25, 0.3) is 16.7 Å². The van der Waals surface area contributed by atoms with Gasteiger partial charge in [-0.2, -0.15) is 0 Å². The van der Waals surface area contributed by atoms with E-state index in [1.165, 1.54) is 0 Å². The summed E-state index contributed by atoms with van der Waals surface area (Å²) in [4.78, 5) is 12.9. The van der Waals surface area contributed by atoms with Gasteiger partial charge in [-0.3, -0.25) is 13.8 Å². The number of halogens is 1. The molecule has 7 heteroatoms. The molecule has 0 fully saturated rings. The normalized spacial score (nSPS) is 12.7. The molecule has 2 heterocycles. The molecule has 0 aliphatic carbocycles. The lowest BCUT2D eigenvalue weighted by Gasteiger charge is -2.14. The van der Waals surface area contributed by atoms with Crippen LogP contribution >= 0.6 is 23.4 Å². The van der Waals surface area contributed by atoms with Gasteiger partial charge < -0.3 is 0 Å². The van der Waals surface area contributed by atoms with Gasteiger partial charge in [0.15, 0.2) is 5.16 Å². The van der Waals surface area contributed by atoms with Crippen LogP contribution in [0.3, 0.4) is 0 Å². The summed E-state index contributed by atoms with van der Waals surface area (Å²) in [5.74, 6) is 0.578. The summed E-state index contributed by atoms with van der Waals surface area (Å²) in [5.41, 5.74) is 1.85. The lowest BCUT2D eigenvalue weighted by molar-refractivity contribution is 0.662. The van der Waals surface area contributed by atoms with E-state index in [0.29, 0.717) is 17.7 Å². The largest absolute Gasteiger partial charge is 0.276 e. The highest BCUT2D eigenvalue weighted by Crippen LogP contribution is 2.37. The van der Waals surface area contributed by atoms with E-state index in [2.05, 4.69) is 17.1 Å². The maximum Gasteiger partial charge on any atom is 0.262 e. The van der Waals surface area contributed by atoms with Crippen LogP contribution in [0, 0.1) is 0 Å². The first kappa shape index (κ1) is 18.1. The molecule has 1 atom stereocenters. The molecule has 27 heavy (non-hydrogen) atoms. The summed E-state index contributed by atoms with van der Waals surface area (Å²) < 4.78 is 3.68. The quantitative estimate of drug-likeness (QED) is 0.446. The van der Waals surface area contributed by atoms with Crippen molar-refractivity contribution in [3.63, 3.8) is 0 Å². The second-order valence-electron chi connectivity index (χ2n) is 6.37. The molecule has 0 aliphatic heterocycles. The topological polar surface area (TPSA) is 52.2 Å². The predicted molar refractivity (Wildman–Crippen MR) is 111 cm³/mol. The lowest BCUT2D eigenvalue weighted by Crippen LogP contribution is -2.23. The van der Waals surface area contributed by atoms with Crippen LogP contribution in [0.5, 0.6) is 0 Å². The molecule has 0 amide bonds. The van der Waals surface area contributed by atoms with Gasteiger partial charge in [0.1, 0.15) is 0 Å². The molecule has 1 unspecified atom stereocenters. The first-order valence-electron chi connectivity index (χ1n) is 8.89. The Morgan fingerprint density at radius 2 is 1.85 bits per heavy atom. The zero-order valence-electron chi connectivity index (χ0n) is 15.1. The fourth-order valence-corrected chi connectivity index (χ4v) is 4.65. The van der Waals surface area contributed by atoms with E-state index in [1.807, 2.05) is 59.9 Å². The molecular weight excluding hydrogens is 380 g/mol. The Morgan fingerprint density at radius 3 is 2.63 bits per heavy atom. The van der Waals surface area contributed by atoms with Gasteiger partial charge in [0, 0.05) is 16.8 Å². The number of rotatable bonds is 5. The number of nitrogens with zero attached hydrogens (tertiary/aromatic N) is 4. The van der Waals surface area contributed by atoms with Crippen molar-refractivity contribution in [2.24, 2.45) is 0 Å². The molecular formula is C20H19ClN4OS. The molecule has 0 radical (unpaired) electrons. The van der Waals surface area contributed by atoms with Gasteiger partial charge in [-0.25, -0.2) is 0 Å². The van der Waals surface area contributed by atoms with Crippen molar-refractivity contribution >= 4 is 40.0 Å². The second-order valence-corrected chi connectivity index (χ2v) is 8.09. The summed E-state index contributed by atoms with van der Waals surface area (Å²) in [6.07, 6.45) is 0.846. The Labute approximate surface area is 166 Å². The molecule has 4 rings (SSSR count). The number of fused-ring (bicyclic) bond motifs is 3. The summed E-state index contributed by atoms with van der Waals surface area (Å²) in [6, 6.07) is 15.4. The van der Waals surface area contributed by atoms with Crippen molar-refractivity contribution < 1.29 is 0 Å². The molecule has 0 aliphatic rings. The van der Waals surface area contributed by atoms with Crippen molar-refractivity contribution in [2.45, 2.75) is 37.2 Å². The van der Waals surface area contributed by atoms with E-state index in [9.17, 15) is 4.79 Å². The van der Waals surface area contributed by atoms with E-state index in [1.54, 1.807) is 16.3 Å². The Hall–Kier alpha value is -2.31. The molecule has 0 N–H and O–H groups in total. The number of aromatic nitrogens is 4. The number of aryl methyl sites for hydroxylation is 1. The Kier molecular flexibility index (Phi) is 4.93. The Bertz CT molecular complexity index is 1180. The van der Waals surface area contributed by atoms with Gasteiger partial charge in [0.05, 0.1) is 10.9 Å². The van der Waals surface area contributed by atoms with E-state index >= 15 is 0 Å². The van der Waals surface area contributed by atoms with Gasteiger partial charge in [-0.05, 0) is 37.1 Å². The zero-order valence-corrected chi connectivity index (χ0v) is 16.7. The van der Waals surface area contributed by atoms with E-state index in [4.69, 9.17) is 11.6 Å². The van der Waals surface area contributed by atoms with Gasteiger partial charge in [0.25, 0.3) is 5.56 Å². The average Bonchev–Trinajstić information content (AvgIpc) is 3.09. The highest BCUT2D eigenvalue weighted by Gasteiger charge is 2.19. The van der Waals surface area contributed by atoms with Crippen molar-refractivity contribution in [3.05, 3.63) is 69.5 Å². The third-order valence-electron chi connectivity index (χ3n) is 4.55. The molecule has 0 spiro atoms. The molecule has 5 nitrogen and oxygen atoms in total. The smallest absolute Gasteiger partial charge is 0.262 e. The first-order chi connectivity index (χ1) is 13.1. The second kappa shape index (κ2) is 7.37. The molecule has 4 aromatic rings. The first-order valence-corrected chi connectivity index (χ1v) is 10.1. The molecule has 0 saturated carbocycles. The van der Waals surface area contributed by atoms with Gasteiger partial charge in [-0.15, -0.1) is 10.2 Å². The highest BCUT2D eigenvalue weighted by molar-refractivity contribution is 7.99. The van der Waals surface area contributed by atoms with Gasteiger partial charge in [-0.1, -0.05) is 60.6 Å². The Morgan fingerprint density at radius 1 is 1.11 bits per heavy atom. The van der Waals surface area contributed by atoms with Crippen molar-refractivity contribution in [1.29, 1.82) is 0 Å². The lowest BCUT2D eigenvalue weighted by atomic mass is 10.2. The summed E-state index contributed by atoms with van der Waals surface area (Å²) >= 11 is 7.94. The van der Waals surface area contributed by atoms with Gasteiger partial charge in [0.2, 0.25) is 5.78 Å². The molecule has 2 aromatic heterocycles. The summed E-state index contributed by atoms with van der Waals surface area (Å²) in [5, 5.41) is 11.0. The van der Waals surface area contributed by atoms with E-state index in [0.717, 1.165) is 27.7 Å². The minimum absolute atomic E-state index is 0.0250. The Balaban J connectivity index is 1.90. The van der Waals surface area contributed by atoms with E-state index < -0.39 is 0 Å². The maximum absolute atomic E-state index is 12.9.